The van der Waals surface area contributed by atoms with Gasteiger partial charge in [-0.1, -0.05) is 17.7 Å². The van der Waals surface area contributed by atoms with Crippen molar-refractivity contribution in [3.8, 4) is 17.6 Å². The number of hydrogen-bond donors (Lipinski definition) is 0. The van der Waals surface area contributed by atoms with Crippen molar-refractivity contribution in [2.75, 3.05) is 0 Å². The van der Waals surface area contributed by atoms with Gasteiger partial charge in [-0.2, -0.15) is 5.26 Å². The number of carboxylic acid groups (broad SMARTS) is 1. The number of aliphatic carboxylic acids is 1. The van der Waals surface area contributed by atoms with Crippen molar-refractivity contribution in [2.45, 2.75) is 6.42 Å². The molecule has 2 aromatic carbocycles. The Kier molecular flexibility index (Phi) is 7.12. The molecule has 2 aromatic rings. The Labute approximate surface area is 157 Å². The third-order valence-electron chi connectivity index (χ3n) is 2.68. The third kappa shape index (κ3) is 4.99. The minimum Gasteiger partial charge on any atom is -0.550 e. The molecule has 0 unspecified atom stereocenters. The standard InChI is InChI=1S/C15H8BrClFNO3.Li/c16-12-2-1-9(5-13(20)21)14(18)15(12)22-11-4-8(7-19)3-10(17)6-11;/h1-4,6H,5H2,(H,20,21);/q;+1/p-1. The van der Waals surface area contributed by atoms with Gasteiger partial charge in [0, 0.05) is 17.4 Å². The van der Waals surface area contributed by atoms with E-state index in [0.29, 0.717) is 4.47 Å². The first-order valence-electron chi connectivity index (χ1n) is 5.96. The smallest absolute Gasteiger partial charge is 0.550 e. The van der Waals surface area contributed by atoms with E-state index in [1.54, 1.807) is 0 Å². The van der Waals surface area contributed by atoms with E-state index in [1.165, 1.54) is 30.3 Å². The zero-order valence-electron chi connectivity index (χ0n) is 11.9. The molecule has 112 valence electrons. The second-order valence-corrected chi connectivity index (χ2v) is 5.58. The third-order valence-corrected chi connectivity index (χ3v) is 3.53. The number of hydrogen-bond acceptors (Lipinski definition) is 4. The van der Waals surface area contributed by atoms with Crippen LogP contribution in [-0.4, -0.2) is 5.97 Å². The maximum Gasteiger partial charge on any atom is 1.00 e. The quantitative estimate of drug-likeness (QED) is 0.700. The van der Waals surface area contributed by atoms with Crippen molar-refractivity contribution in [1.82, 2.24) is 0 Å². The van der Waals surface area contributed by atoms with Crippen molar-refractivity contribution in [2.24, 2.45) is 0 Å². The molecule has 2 rings (SSSR count). The molecular weight excluding hydrogens is 383 g/mol. The van der Waals surface area contributed by atoms with Gasteiger partial charge in [0.1, 0.15) is 5.75 Å². The zero-order chi connectivity index (χ0) is 16.3. The molecule has 0 heterocycles. The summed E-state index contributed by atoms with van der Waals surface area (Å²) >= 11 is 8.99. The Hall–Kier alpha value is -1.50. The summed E-state index contributed by atoms with van der Waals surface area (Å²) in [5, 5.41) is 19.8. The first-order chi connectivity index (χ1) is 10.4. The van der Waals surface area contributed by atoms with Gasteiger partial charge in [-0.25, -0.2) is 4.39 Å². The normalized spacial score (nSPS) is 9.65. The number of nitrogens with zero attached hydrogens (tertiary/aromatic N) is 1. The van der Waals surface area contributed by atoms with E-state index < -0.39 is 18.2 Å². The van der Waals surface area contributed by atoms with Crippen LogP contribution in [0.3, 0.4) is 0 Å². The molecule has 0 aliphatic carbocycles. The second kappa shape index (κ2) is 8.38. The molecule has 0 saturated heterocycles. The average Bonchev–Trinajstić information content (AvgIpc) is 2.45. The van der Waals surface area contributed by atoms with Gasteiger partial charge in [0.2, 0.25) is 0 Å². The molecule has 0 aromatic heterocycles. The van der Waals surface area contributed by atoms with Crippen molar-refractivity contribution in [3.05, 3.63) is 56.8 Å². The summed E-state index contributed by atoms with van der Waals surface area (Å²) in [5.74, 6) is -2.25. The van der Waals surface area contributed by atoms with Gasteiger partial charge in [-0.3, -0.25) is 0 Å². The van der Waals surface area contributed by atoms with Crippen LogP contribution in [0.2, 0.25) is 5.02 Å². The molecule has 0 atom stereocenters. The Balaban J connectivity index is 0.00000264. The number of ether oxygens (including phenoxy) is 1. The molecule has 0 saturated carbocycles. The van der Waals surface area contributed by atoms with Crippen molar-refractivity contribution in [3.63, 3.8) is 0 Å². The van der Waals surface area contributed by atoms with Crippen molar-refractivity contribution < 1.29 is 37.9 Å². The molecule has 0 N–H and O–H groups in total. The zero-order valence-corrected chi connectivity index (χ0v) is 14.2. The van der Waals surface area contributed by atoms with Gasteiger partial charge < -0.3 is 14.6 Å². The Morgan fingerprint density at radius 3 is 2.70 bits per heavy atom. The number of carboxylic acids is 1. The first-order valence-corrected chi connectivity index (χ1v) is 7.13. The minimum absolute atomic E-state index is 0. The molecule has 0 aliphatic heterocycles. The number of rotatable bonds is 4. The summed E-state index contributed by atoms with van der Waals surface area (Å²) in [5.41, 5.74) is 0.186. The molecule has 0 aliphatic rings. The summed E-state index contributed by atoms with van der Waals surface area (Å²) in [7, 11) is 0. The number of benzene rings is 2. The van der Waals surface area contributed by atoms with E-state index >= 15 is 0 Å². The average molecular weight is 391 g/mol. The van der Waals surface area contributed by atoms with E-state index in [-0.39, 0.29) is 46.5 Å². The van der Waals surface area contributed by atoms with Crippen LogP contribution in [0.4, 0.5) is 4.39 Å². The molecule has 0 radical (unpaired) electrons. The maximum absolute atomic E-state index is 14.3. The largest absolute Gasteiger partial charge is 1.00 e. The summed E-state index contributed by atoms with van der Waals surface area (Å²) in [6.07, 6.45) is -0.575. The first kappa shape index (κ1) is 19.5. The number of halogens is 3. The SMILES string of the molecule is N#Cc1cc(Cl)cc(Oc2c(Br)ccc(CC(=O)[O-])c2F)c1.[Li+]. The summed E-state index contributed by atoms with van der Waals surface area (Å²) in [6, 6.07) is 8.93. The Morgan fingerprint density at radius 2 is 2.09 bits per heavy atom. The fraction of sp³-hybridized carbons (Fsp3) is 0.0667. The topological polar surface area (TPSA) is 73.1 Å². The molecule has 4 nitrogen and oxygen atoms in total. The predicted octanol–water partition coefficient (Wildman–Crippen LogP) is 0.202. The van der Waals surface area contributed by atoms with Crippen LogP contribution in [0.15, 0.2) is 34.8 Å². The van der Waals surface area contributed by atoms with Crippen LogP contribution < -0.4 is 28.7 Å². The minimum atomic E-state index is -1.40. The molecule has 8 heteroatoms. The molecule has 0 bridgehead atoms. The van der Waals surface area contributed by atoms with Gasteiger partial charge in [0.15, 0.2) is 11.6 Å². The van der Waals surface area contributed by atoms with Crippen LogP contribution in [0.25, 0.3) is 0 Å². The molecular formula is C15H7BrClFLiNO3. The summed E-state index contributed by atoms with van der Waals surface area (Å²) in [4.78, 5) is 10.6. The van der Waals surface area contributed by atoms with E-state index in [0.717, 1.165) is 0 Å². The molecule has 0 spiro atoms. The van der Waals surface area contributed by atoms with Crippen LogP contribution in [0.1, 0.15) is 11.1 Å². The van der Waals surface area contributed by atoms with Crippen LogP contribution >= 0.6 is 27.5 Å². The van der Waals surface area contributed by atoms with Crippen LogP contribution in [0, 0.1) is 17.1 Å². The maximum atomic E-state index is 14.3. The summed E-state index contributed by atoms with van der Waals surface area (Å²) < 4.78 is 20.0. The number of carbonyl (C=O) groups is 1. The van der Waals surface area contributed by atoms with Gasteiger partial charge in [0.25, 0.3) is 0 Å². The van der Waals surface area contributed by atoms with E-state index in [2.05, 4.69) is 15.9 Å². The summed E-state index contributed by atoms with van der Waals surface area (Å²) in [6.45, 7) is 0. The van der Waals surface area contributed by atoms with Gasteiger partial charge in [0.05, 0.1) is 16.1 Å². The number of nitriles is 1. The van der Waals surface area contributed by atoms with Crippen molar-refractivity contribution >= 4 is 33.5 Å². The van der Waals surface area contributed by atoms with E-state index in [4.69, 9.17) is 21.6 Å². The molecule has 0 amide bonds. The monoisotopic (exact) mass is 389 g/mol. The van der Waals surface area contributed by atoms with Gasteiger partial charge >= 0.3 is 18.9 Å². The van der Waals surface area contributed by atoms with E-state index in [1.807, 2.05) is 6.07 Å². The van der Waals surface area contributed by atoms with Gasteiger partial charge in [-0.05, 0) is 45.8 Å². The van der Waals surface area contributed by atoms with Crippen molar-refractivity contribution in [1.29, 1.82) is 5.26 Å². The Bertz CT molecular complexity index is 795. The molecule has 23 heavy (non-hydrogen) atoms. The fourth-order valence-corrected chi connectivity index (χ4v) is 2.38. The van der Waals surface area contributed by atoms with Crippen LogP contribution in [0.5, 0.6) is 11.5 Å². The van der Waals surface area contributed by atoms with Gasteiger partial charge in [-0.15, -0.1) is 0 Å². The number of carbonyl (C=O) groups excluding carboxylic acids is 1. The Morgan fingerprint density at radius 1 is 1.39 bits per heavy atom. The molecule has 0 fully saturated rings. The van der Waals surface area contributed by atoms with E-state index in [9.17, 15) is 14.3 Å². The predicted molar refractivity (Wildman–Crippen MR) is 79.1 cm³/mol. The van der Waals surface area contributed by atoms with Crippen LogP contribution in [-0.2, 0) is 11.2 Å². The second-order valence-electron chi connectivity index (χ2n) is 4.29. The fourth-order valence-electron chi connectivity index (χ4n) is 1.76.